The lowest BCUT2D eigenvalue weighted by Crippen LogP contribution is -2.45. The van der Waals surface area contributed by atoms with Crippen molar-refractivity contribution in [3.8, 4) is 0 Å². The molecular formula is C13H23NOS. The van der Waals surface area contributed by atoms with Crippen LogP contribution in [0.1, 0.15) is 52.4 Å². The maximum atomic E-state index is 12.6. The van der Waals surface area contributed by atoms with Gasteiger partial charge in [-0.3, -0.25) is 4.79 Å². The van der Waals surface area contributed by atoms with E-state index in [-0.39, 0.29) is 4.75 Å². The van der Waals surface area contributed by atoms with Crippen molar-refractivity contribution in [3.63, 3.8) is 0 Å². The van der Waals surface area contributed by atoms with Crippen LogP contribution in [0.5, 0.6) is 0 Å². The predicted octanol–water partition coefficient (Wildman–Crippen LogP) is 3.06. The SMILES string of the molecule is CCCC[C@]1(C)SCC[C@@H]2CCCN2C1=O. The summed E-state index contributed by atoms with van der Waals surface area (Å²) in [6.45, 7) is 5.37. The van der Waals surface area contributed by atoms with Crippen LogP contribution in [-0.4, -0.2) is 33.9 Å². The Morgan fingerprint density at radius 3 is 3.06 bits per heavy atom. The number of hydrogen-bond acceptors (Lipinski definition) is 2. The van der Waals surface area contributed by atoms with Gasteiger partial charge in [0.05, 0.1) is 4.75 Å². The fraction of sp³-hybridized carbons (Fsp3) is 0.923. The molecular weight excluding hydrogens is 218 g/mol. The van der Waals surface area contributed by atoms with E-state index in [4.69, 9.17) is 0 Å². The molecule has 2 nitrogen and oxygen atoms in total. The molecule has 2 rings (SSSR count). The van der Waals surface area contributed by atoms with Gasteiger partial charge in [-0.2, -0.15) is 0 Å². The van der Waals surface area contributed by atoms with E-state index in [1.807, 2.05) is 11.8 Å². The highest BCUT2D eigenvalue weighted by atomic mass is 32.2. The van der Waals surface area contributed by atoms with Gasteiger partial charge in [0.2, 0.25) is 5.91 Å². The van der Waals surface area contributed by atoms with Crippen molar-refractivity contribution in [2.24, 2.45) is 0 Å². The maximum absolute atomic E-state index is 12.6. The van der Waals surface area contributed by atoms with Gasteiger partial charge < -0.3 is 4.90 Å². The Morgan fingerprint density at radius 1 is 1.50 bits per heavy atom. The summed E-state index contributed by atoms with van der Waals surface area (Å²) in [4.78, 5) is 14.7. The molecule has 0 aromatic heterocycles. The second-order valence-corrected chi connectivity index (χ2v) is 6.86. The Balaban J connectivity index is 2.10. The zero-order chi connectivity index (χ0) is 11.6. The van der Waals surface area contributed by atoms with Crippen LogP contribution in [0.2, 0.25) is 0 Å². The number of fused-ring (bicyclic) bond motifs is 1. The summed E-state index contributed by atoms with van der Waals surface area (Å²) in [6, 6.07) is 0.559. The largest absolute Gasteiger partial charge is 0.338 e. The van der Waals surface area contributed by atoms with E-state index < -0.39 is 0 Å². The van der Waals surface area contributed by atoms with E-state index in [2.05, 4.69) is 18.7 Å². The number of thioether (sulfide) groups is 1. The Hall–Kier alpha value is -0.180. The van der Waals surface area contributed by atoms with E-state index in [0.717, 1.165) is 18.7 Å². The molecule has 3 heteroatoms. The van der Waals surface area contributed by atoms with Crippen molar-refractivity contribution in [3.05, 3.63) is 0 Å². The third-order valence-electron chi connectivity index (χ3n) is 3.97. The predicted molar refractivity (Wildman–Crippen MR) is 69.7 cm³/mol. The van der Waals surface area contributed by atoms with Gasteiger partial charge in [0, 0.05) is 12.6 Å². The molecule has 1 amide bonds. The maximum Gasteiger partial charge on any atom is 0.238 e. The third kappa shape index (κ3) is 2.24. The summed E-state index contributed by atoms with van der Waals surface area (Å²) in [7, 11) is 0. The minimum absolute atomic E-state index is 0.130. The van der Waals surface area contributed by atoms with E-state index in [1.54, 1.807) is 0 Å². The van der Waals surface area contributed by atoms with Gasteiger partial charge in [-0.15, -0.1) is 11.8 Å². The van der Waals surface area contributed by atoms with Crippen LogP contribution in [0.15, 0.2) is 0 Å². The number of hydrogen-bond donors (Lipinski definition) is 0. The molecule has 16 heavy (non-hydrogen) atoms. The number of rotatable bonds is 3. The number of unbranched alkanes of at least 4 members (excludes halogenated alkanes) is 1. The Kier molecular flexibility index (Phi) is 3.83. The summed E-state index contributed by atoms with van der Waals surface area (Å²) >= 11 is 1.90. The Bertz CT molecular complexity index is 265. The molecule has 0 radical (unpaired) electrons. The Labute approximate surface area is 103 Å². The number of carbonyl (C=O) groups excluding carboxylic acids is 1. The molecule has 0 spiro atoms. The second kappa shape index (κ2) is 4.99. The van der Waals surface area contributed by atoms with Crippen LogP contribution in [0, 0.1) is 0 Å². The quantitative estimate of drug-likeness (QED) is 0.757. The van der Waals surface area contributed by atoms with Crippen LogP contribution < -0.4 is 0 Å². The minimum atomic E-state index is -0.130. The molecule has 2 saturated heterocycles. The van der Waals surface area contributed by atoms with Crippen molar-refractivity contribution in [2.45, 2.75) is 63.2 Å². The molecule has 2 aliphatic heterocycles. The molecule has 2 heterocycles. The van der Waals surface area contributed by atoms with Crippen molar-refractivity contribution in [2.75, 3.05) is 12.3 Å². The molecule has 0 saturated carbocycles. The first kappa shape index (κ1) is 12.3. The standard InChI is InChI=1S/C13H23NOS/c1-3-4-8-13(2)12(15)14-9-5-6-11(14)7-10-16-13/h11H,3-10H2,1-2H3/t11-,13-/m0/s1. The van der Waals surface area contributed by atoms with Crippen LogP contribution in [-0.2, 0) is 4.79 Å². The molecule has 0 unspecified atom stereocenters. The molecule has 2 atom stereocenters. The van der Waals surface area contributed by atoms with Crippen LogP contribution in [0.4, 0.5) is 0 Å². The zero-order valence-corrected chi connectivity index (χ0v) is 11.3. The fourth-order valence-electron chi connectivity index (χ4n) is 2.88. The fourth-order valence-corrected chi connectivity index (χ4v) is 4.25. The van der Waals surface area contributed by atoms with Crippen LogP contribution in [0.3, 0.4) is 0 Å². The first-order valence-electron chi connectivity index (χ1n) is 6.62. The average Bonchev–Trinajstić information content (AvgIpc) is 2.69. The first-order valence-corrected chi connectivity index (χ1v) is 7.61. The van der Waals surface area contributed by atoms with Crippen LogP contribution >= 0.6 is 11.8 Å². The highest BCUT2D eigenvalue weighted by molar-refractivity contribution is 8.01. The molecule has 0 aromatic carbocycles. The molecule has 0 bridgehead atoms. The van der Waals surface area contributed by atoms with Gasteiger partial charge in [0.1, 0.15) is 0 Å². The zero-order valence-electron chi connectivity index (χ0n) is 10.5. The molecule has 2 aliphatic rings. The molecule has 92 valence electrons. The normalized spacial score (nSPS) is 35.0. The van der Waals surface area contributed by atoms with E-state index in [1.165, 1.54) is 32.1 Å². The molecule has 2 fully saturated rings. The van der Waals surface area contributed by atoms with Crippen molar-refractivity contribution >= 4 is 17.7 Å². The van der Waals surface area contributed by atoms with Gasteiger partial charge in [0.25, 0.3) is 0 Å². The number of carbonyl (C=O) groups is 1. The lowest BCUT2D eigenvalue weighted by Gasteiger charge is -2.31. The summed E-state index contributed by atoms with van der Waals surface area (Å²) < 4.78 is -0.130. The van der Waals surface area contributed by atoms with Crippen LogP contribution in [0.25, 0.3) is 0 Å². The van der Waals surface area contributed by atoms with Gasteiger partial charge in [-0.25, -0.2) is 0 Å². The summed E-state index contributed by atoms with van der Waals surface area (Å²) in [5, 5.41) is 0. The van der Waals surface area contributed by atoms with Crippen molar-refractivity contribution in [1.82, 2.24) is 4.90 Å². The van der Waals surface area contributed by atoms with Gasteiger partial charge in [-0.05, 0) is 38.4 Å². The average molecular weight is 241 g/mol. The summed E-state index contributed by atoms with van der Waals surface area (Å²) in [5.74, 6) is 1.58. The van der Waals surface area contributed by atoms with Gasteiger partial charge in [-0.1, -0.05) is 19.8 Å². The summed E-state index contributed by atoms with van der Waals surface area (Å²) in [6.07, 6.45) is 7.07. The first-order chi connectivity index (χ1) is 7.67. The number of nitrogens with zero attached hydrogens (tertiary/aromatic N) is 1. The monoisotopic (exact) mass is 241 g/mol. The van der Waals surface area contributed by atoms with Gasteiger partial charge >= 0.3 is 0 Å². The highest BCUT2D eigenvalue weighted by Crippen LogP contribution is 2.39. The lowest BCUT2D eigenvalue weighted by molar-refractivity contribution is -0.134. The lowest BCUT2D eigenvalue weighted by atomic mass is 10.0. The highest BCUT2D eigenvalue weighted by Gasteiger charge is 2.43. The Morgan fingerprint density at radius 2 is 2.31 bits per heavy atom. The second-order valence-electron chi connectivity index (χ2n) is 5.27. The van der Waals surface area contributed by atoms with E-state index >= 15 is 0 Å². The van der Waals surface area contributed by atoms with Crippen molar-refractivity contribution < 1.29 is 4.79 Å². The molecule has 0 aliphatic carbocycles. The smallest absolute Gasteiger partial charge is 0.238 e. The minimum Gasteiger partial charge on any atom is -0.338 e. The third-order valence-corrected chi connectivity index (χ3v) is 5.43. The van der Waals surface area contributed by atoms with Crippen molar-refractivity contribution in [1.29, 1.82) is 0 Å². The number of amides is 1. The van der Waals surface area contributed by atoms with E-state index in [9.17, 15) is 4.79 Å². The summed E-state index contributed by atoms with van der Waals surface area (Å²) in [5.41, 5.74) is 0. The molecule has 0 N–H and O–H groups in total. The molecule has 0 aromatic rings. The topological polar surface area (TPSA) is 20.3 Å². The van der Waals surface area contributed by atoms with Gasteiger partial charge in [0.15, 0.2) is 0 Å². The van der Waals surface area contributed by atoms with E-state index in [0.29, 0.717) is 11.9 Å².